The van der Waals surface area contributed by atoms with Gasteiger partial charge in [0.1, 0.15) is 11.2 Å². The van der Waals surface area contributed by atoms with Gasteiger partial charge < -0.3 is 4.42 Å². The second-order valence-corrected chi connectivity index (χ2v) is 12.7. The number of aromatic nitrogens is 1. The maximum absolute atomic E-state index is 6.24. The molecule has 49 heavy (non-hydrogen) atoms. The van der Waals surface area contributed by atoms with Gasteiger partial charge in [-0.25, -0.2) is 0 Å². The fourth-order valence-electron chi connectivity index (χ4n) is 7.53. The van der Waals surface area contributed by atoms with Crippen LogP contribution in [0.5, 0.6) is 0 Å². The van der Waals surface area contributed by atoms with Crippen LogP contribution in [-0.4, -0.2) is 4.98 Å². The van der Waals surface area contributed by atoms with E-state index in [9.17, 15) is 0 Å². The smallest absolute Gasteiger partial charge is 0.136 e. The minimum absolute atomic E-state index is 0.909. The summed E-state index contributed by atoms with van der Waals surface area (Å²) in [5.74, 6) is 0. The molecule has 10 aromatic rings. The molecule has 228 valence electrons. The molecule has 0 unspecified atom stereocenters. The van der Waals surface area contributed by atoms with Crippen molar-refractivity contribution in [1.82, 2.24) is 4.98 Å². The van der Waals surface area contributed by atoms with Gasteiger partial charge in [0, 0.05) is 28.1 Å². The minimum atomic E-state index is 0.909. The van der Waals surface area contributed by atoms with Crippen LogP contribution in [0.15, 0.2) is 180 Å². The molecule has 0 atom stereocenters. The van der Waals surface area contributed by atoms with E-state index in [-0.39, 0.29) is 0 Å². The summed E-state index contributed by atoms with van der Waals surface area (Å²) in [6.07, 6.45) is 2.01. The Bertz CT molecular complexity index is 2790. The van der Waals surface area contributed by atoms with E-state index in [1.165, 1.54) is 60.1 Å². The van der Waals surface area contributed by atoms with E-state index >= 15 is 0 Å². The van der Waals surface area contributed by atoms with Crippen molar-refractivity contribution >= 4 is 54.3 Å². The summed E-state index contributed by atoms with van der Waals surface area (Å²) in [4.78, 5) is 5.08. The number of nitrogens with zero attached hydrogens (tertiary/aromatic N) is 1. The maximum atomic E-state index is 6.24. The minimum Gasteiger partial charge on any atom is -0.456 e. The SMILES string of the molecule is c1ccc(-c2c3ccccc3c(-c3ccc(-c4ccc(-c5ccc6oc7cc8ccccc8cc7c6c5)cc4)cn3)c3ccccc23)cc1. The summed E-state index contributed by atoms with van der Waals surface area (Å²) in [5, 5.41) is 9.58. The summed E-state index contributed by atoms with van der Waals surface area (Å²) in [6.45, 7) is 0. The Labute approximate surface area is 283 Å². The summed E-state index contributed by atoms with van der Waals surface area (Å²) in [5.41, 5.74) is 11.0. The van der Waals surface area contributed by atoms with Gasteiger partial charge in [-0.3, -0.25) is 4.98 Å². The zero-order chi connectivity index (χ0) is 32.3. The lowest BCUT2D eigenvalue weighted by atomic mass is 9.87. The second-order valence-electron chi connectivity index (χ2n) is 12.7. The van der Waals surface area contributed by atoms with Crippen molar-refractivity contribution in [2.24, 2.45) is 0 Å². The molecule has 0 fully saturated rings. The lowest BCUT2D eigenvalue weighted by Crippen LogP contribution is -1.92. The van der Waals surface area contributed by atoms with Gasteiger partial charge in [-0.05, 0) is 90.5 Å². The number of rotatable bonds is 4. The summed E-state index contributed by atoms with van der Waals surface area (Å²) in [6, 6.07) is 60.6. The molecule has 2 heteroatoms. The first-order valence-electron chi connectivity index (χ1n) is 16.7. The van der Waals surface area contributed by atoms with Gasteiger partial charge in [0.2, 0.25) is 0 Å². The molecule has 0 bridgehead atoms. The van der Waals surface area contributed by atoms with Crippen molar-refractivity contribution < 1.29 is 4.42 Å². The highest BCUT2D eigenvalue weighted by Gasteiger charge is 2.17. The molecule has 0 saturated heterocycles. The third kappa shape index (κ3) is 4.53. The highest BCUT2D eigenvalue weighted by atomic mass is 16.3. The van der Waals surface area contributed by atoms with Crippen molar-refractivity contribution in [3.8, 4) is 44.6 Å². The van der Waals surface area contributed by atoms with Crippen LogP contribution in [0.25, 0.3) is 98.9 Å². The van der Waals surface area contributed by atoms with Gasteiger partial charge >= 0.3 is 0 Å². The molecule has 8 aromatic carbocycles. The highest BCUT2D eigenvalue weighted by Crippen LogP contribution is 2.43. The molecule has 0 amide bonds. The van der Waals surface area contributed by atoms with Gasteiger partial charge in [0.15, 0.2) is 0 Å². The van der Waals surface area contributed by atoms with Crippen LogP contribution in [-0.2, 0) is 0 Å². The molecule has 0 N–H and O–H groups in total. The predicted octanol–water partition coefficient (Wildman–Crippen LogP) is 13.1. The van der Waals surface area contributed by atoms with E-state index in [0.29, 0.717) is 0 Å². The molecular weight excluding hydrogens is 595 g/mol. The summed E-state index contributed by atoms with van der Waals surface area (Å²) >= 11 is 0. The Hall–Kier alpha value is -6.51. The number of pyridine rings is 1. The second kappa shape index (κ2) is 11.0. The van der Waals surface area contributed by atoms with Crippen molar-refractivity contribution in [3.05, 3.63) is 176 Å². The zero-order valence-electron chi connectivity index (χ0n) is 26.6. The van der Waals surface area contributed by atoms with E-state index in [4.69, 9.17) is 9.40 Å². The molecule has 0 aliphatic rings. The number of furan rings is 1. The molecule has 2 heterocycles. The average Bonchev–Trinajstić information content (AvgIpc) is 3.53. The van der Waals surface area contributed by atoms with E-state index in [0.717, 1.165) is 38.8 Å². The number of hydrogen-bond acceptors (Lipinski definition) is 2. The van der Waals surface area contributed by atoms with Crippen molar-refractivity contribution in [3.63, 3.8) is 0 Å². The molecule has 2 aromatic heterocycles. The topological polar surface area (TPSA) is 26.0 Å². The quantitative estimate of drug-likeness (QED) is 0.182. The van der Waals surface area contributed by atoms with Crippen LogP contribution in [0.4, 0.5) is 0 Å². The van der Waals surface area contributed by atoms with Gasteiger partial charge in [-0.15, -0.1) is 0 Å². The third-order valence-corrected chi connectivity index (χ3v) is 9.90. The van der Waals surface area contributed by atoms with Gasteiger partial charge in [-0.2, -0.15) is 0 Å². The van der Waals surface area contributed by atoms with Crippen LogP contribution >= 0.6 is 0 Å². The van der Waals surface area contributed by atoms with Gasteiger partial charge in [-0.1, -0.05) is 140 Å². The van der Waals surface area contributed by atoms with Crippen LogP contribution in [0.1, 0.15) is 0 Å². The first kappa shape index (κ1) is 27.6. The molecule has 0 aliphatic heterocycles. The van der Waals surface area contributed by atoms with Crippen LogP contribution < -0.4 is 0 Å². The Morgan fingerprint density at radius 3 is 1.51 bits per heavy atom. The highest BCUT2D eigenvalue weighted by molar-refractivity contribution is 6.21. The molecule has 0 saturated carbocycles. The Morgan fingerprint density at radius 2 is 0.857 bits per heavy atom. The Balaban J connectivity index is 1.02. The van der Waals surface area contributed by atoms with Crippen molar-refractivity contribution in [1.29, 1.82) is 0 Å². The molecule has 0 spiro atoms. The average molecular weight is 624 g/mol. The lowest BCUT2D eigenvalue weighted by Gasteiger charge is -2.17. The van der Waals surface area contributed by atoms with Crippen LogP contribution in [0.3, 0.4) is 0 Å². The molecule has 0 aliphatic carbocycles. The van der Waals surface area contributed by atoms with E-state index in [1.807, 2.05) is 6.20 Å². The number of hydrogen-bond donors (Lipinski definition) is 0. The summed E-state index contributed by atoms with van der Waals surface area (Å²) in [7, 11) is 0. The normalized spacial score (nSPS) is 11.7. The van der Waals surface area contributed by atoms with Crippen LogP contribution in [0.2, 0.25) is 0 Å². The number of fused-ring (bicyclic) bond motifs is 6. The van der Waals surface area contributed by atoms with Crippen molar-refractivity contribution in [2.45, 2.75) is 0 Å². The van der Waals surface area contributed by atoms with Gasteiger partial charge in [0.05, 0.1) is 5.69 Å². The standard InChI is InChI=1S/C47H29NO/c1-2-10-32(11-3-1)46-37-14-6-8-16-39(37)47(40-17-9-7-15-38(40)46)43-24-22-36(29-48-43)31-20-18-30(19-21-31)35-23-25-44-41(27-35)42-26-33-12-4-5-13-34(33)28-45(42)49-44/h1-29H. The molecule has 2 nitrogen and oxygen atoms in total. The maximum Gasteiger partial charge on any atom is 0.136 e. The molecular formula is C47H29NO. The monoisotopic (exact) mass is 623 g/mol. The first-order valence-corrected chi connectivity index (χ1v) is 16.7. The fraction of sp³-hybridized carbons (Fsp3) is 0. The van der Waals surface area contributed by atoms with Gasteiger partial charge in [0.25, 0.3) is 0 Å². The zero-order valence-corrected chi connectivity index (χ0v) is 26.6. The molecule has 10 rings (SSSR count). The van der Waals surface area contributed by atoms with E-state index in [2.05, 4.69) is 170 Å². The lowest BCUT2D eigenvalue weighted by molar-refractivity contribution is 0.669. The van der Waals surface area contributed by atoms with Crippen molar-refractivity contribution in [2.75, 3.05) is 0 Å². The molecule has 0 radical (unpaired) electrons. The van der Waals surface area contributed by atoms with E-state index < -0.39 is 0 Å². The predicted molar refractivity (Wildman–Crippen MR) is 206 cm³/mol. The fourth-order valence-corrected chi connectivity index (χ4v) is 7.53. The first-order chi connectivity index (χ1) is 24.3. The number of benzene rings is 8. The largest absolute Gasteiger partial charge is 0.456 e. The third-order valence-electron chi connectivity index (χ3n) is 9.90. The van der Waals surface area contributed by atoms with Crippen LogP contribution in [0, 0.1) is 0 Å². The Morgan fingerprint density at radius 1 is 0.327 bits per heavy atom. The Kier molecular flexibility index (Phi) is 6.22. The summed E-state index contributed by atoms with van der Waals surface area (Å²) < 4.78 is 6.24. The van der Waals surface area contributed by atoms with E-state index in [1.54, 1.807) is 0 Å².